The minimum Gasteiger partial charge on any atom is -0.497 e. The summed E-state index contributed by atoms with van der Waals surface area (Å²) in [4.78, 5) is 29.8. The molecule has 1 atom stereocenters. The molecule has 1 saturated heterocycles. The predicted molar refractivity (Wildman–Crippen MR) is 121 cm³/mol. The third-order valence-electron chi connectivity index (χ3n) is 5.70. The summed E-state index contributed by atoms with van der Waals surface area (Å²) in [6.45, 7) is 4.31. The third-order valence-corrected chi connectivity index (χ3v) is 5.70. The number of rotatable bonds is 12. The molecule has 2 heterocycles. The molecule has 0 radical (unpaired) electrons. The van der Waals surface area contributed by atoms with Crippen molar-refractivity contribution in [2.75, 3.05) is 33.4 Å². The van der Waals surface area contributed by atoms with Crippen LogP contribution in [-0.4, -0.2) is 61.1 Å². The Morgan fingerprint density at radius 2 is 1.94 bits per heavy atom. The molecule has 1 aromatic heterocycles. The van der Waals surface area contributed by atoms with Crippen LogP contribution < -0.4 is 4.74 Å². The van der Waals surface area contributed by atoms with Crippen molar-refractivity contribution in [2.45, 2.75) is 51.7 Å². The Labute approximate surface area is 190 Å². The lowest BCUT2D eigenvalue weighted by Gasteiger charge is -2.29. The Bertz CT molecular complexity index is 829. The summed E-state index contributed by atoms with van der Waals surface area (Å²) in [5, 5.41) is 0. The van der Waals surface area contributed by atoms with Crippen LogP contribution in [0.5, 0.6) is 5.75 Å². The highest BCUT2D eigenvalue weighted by Crippen LogP contribution is 2.17. The molecule has 3 rings (SSSR count). The van der Waals surface area contributed by atoms with Gasteiger partial charge in [-0.05, 0) is 49.1 Å². The molecule has 1 aromatic carbocycles. The maximum atomic E-state index is 13.3. The van der Waals surface area contributed by atoms with Crippen LogP contribution in [0, 0.1) is 0 Å². The molecular weight excluding hydrogens is 408 g/mol. The smallest absolute Gasteiger partial charge is 0.242 e. The van der Waals surface area contributed by atoms with E-state index in [4.69, 9.17) is 13.9 Å². The number of hydrogen-bond donors (Lipinski definition) is 0. The van der Waals surface area contributed by atoms with Crippen LogP contribution in [0.1, 0.15) is 43.9 Å². The molecule has 1 aliphatic heterocycles. The van der Waals surface area contributed by atoms with Gasteiger partial charge in [-0.2, -0.15) is 0 Å². The molecule has 2 amide bonds. The lowest BCUT2D eigenvalue weighted by atomic mass is 10.1. The van der Waals surface area contributed by atoms with Gasteiger partial charge in [-0.25, -0.2) is 0 Å². The molecule has 32 heavy (non-hydrogen) atoms. The van der Waals surface area contributed by atoms with Crippen LogP contribution in [0.3, 0.4) is 0 Å². The number of ether oxygens (including phenoxy) is 2. The first-order valence-electron chi connectivity index (χ1n) is 11.4. The first kappa shape index (κ1) is 23.9. The molecule has 1 aliphatic rings. The molecule has 0 saturated carbocycles. The van der Waals surface area contributed by atoms with E-state index in [0.29, 0.717) is 19.6 Å². The molecule has 2 aromatic rings. The second kappa shape index (κ2) is 12.3. The summed E-state index contributed by atoms with van der Waals surface area (Å²) >= 11 is 0. The fourth-order valence-corrected chi connectivity index (χ4v) is 3.81. The van der Waals surface area contributed by atoms with Crippen molar-refractivity contribution in [3.8, 4) is 5.75 Å². The van der Waals surface area contributed by atoms with Crippen molar-refractivity contribution >= 4 is 11.8 Å². The number of carbonyl (C=O) groups excluding carboxylic acids is 2. The van der Waals surface area contributed by atoms with E-state index >= 15 is 0 Å². The number of methoxy groups -OCH3 is 1. The lowest BCUT2D eigenvalue weighted by molar-refractivity contribution is -0.141. The van der Waals surface area contributed by atoms with E-state index in [1.165, 1.54) is 0 Å². The number of nitrogens with zero attached hydrogens (tertiary/aromatic N) is 2. The van der Waals surface area contributed by atoms with Gasteiger partial charge in [0.2, 0.25) is 11.8 Å². The number of benzene rings is 1. The van der Waals surface area contributed by atoms with Crippen molar-refractivity contribution in [1.29, 1.82) is 0 Å². The zero-order valence-electron chi connectivity index (χ0n) is 19.1. The first-order valence-corrected chi connectivity index (χ1v) is 11.4. The molecule has 0 unspecified atom stereocenters. The van der Waals surface area contributed by atoms with Crippen molar-refractivity contribution in [2.24, 2.45) is 0 Å². The Balaban J connectivity index is 1.66. The fraction of sp³-hybridized carbons (Fsp3) is 0.520. The fourth-order valence-electron chi connectivity index (χ4n) is 3.81. The highest BCUT2D eigenvalue weighted by molar-refractivity contribution is 5.86. The van der Waals surface area contributed by atoms with Crippen molar-refractivity contribution in [1.82, 2.24) is 9.80 Å². The van der Waals surface area contributed by atoms with Crippen LogP contribution in [0.15, 0.2) is 47.1 Å². The van der Waals surface area contributed by atoms with Gasteiger partial charge in [0.15, 0.2) is 0 Å². The van der Waals surface area contributed by atoms with Gasteiger partial charge in [0, 0.05) is 19.7 Å². The first-order chi connectivity index (χ1) is 15.6. The number of unbranched alkanes of at least 4 members (excludes halogenated alkanes) is 1. The van der Waals surface area contributed by atoms with Crippen molar-refractivity contribution < 1.29 is 23.5 Å². The molecule has 1 fully saturated rings. The average Bonchev–Trinajstić information content (AvgIpc) is 3.51. The monoisotopic (exact) mass is 442 g/mol. The maximum Gasteiger partial charge on any atom is 0.242 e. The molecule has 0 N–H and O–H groups in total. The molecule has 0 spiro atoms. The van der Waals surface area contributed by atoms with Gasteiger partial charge in [0.1, 0.15) is 11.5 Å². The van der Waals surface area contributed by atoms with Crippen molar-refractivity contribution in [3.63, 3.8) is 0 Å². The summed E-state index contributed by atoms with van der Waals surface area (Å²) in [6.07, 6.45) is 5.65. The van der Waals surface area contributed by atoms with E-state index in [9.17, 15) is 9.59 Å². The topological polar surface area (TPSA) is 72.2 Å². The van der Waals surface area contributed by atoms with Gasteiger partial charge in [0.25, 0.3) is 0 Å². The highest BCUT2D eigenvalue weighted by Gasteiger charge is 2.26. The van der Waals surface area contributed by atoms with Crippen LogP contribution in [-0.2, 0) is 27.3 Å². The minimum absolute atomic E-state index is 0.0352. The Morgan fingerprint density at radius 3 is 2.56 bits per heavy atom. The normalized spacial score (nSPS) is 15.5. The zero-order chi connectivity index (χ0) is 22.8. The SMILES string of the molecule is CCCCN(CC(=O)N(Cc1ccco1)C[C@H]1CCCO1)C(=O)Cc1ccc(OC)cc1. The van der Waals surface area contributed by atoms with E-state index in [1.807, 2.05) is 36.4 Å². The maximum absolute atomic E-state index is 13.3. The second-order valence-corrected chi connectivity index (χ2v) is 8.18. The predicted octanol–water partition coefficient (Wildman–Crippen LogP) is 3.67. The van der Waals surface area contributed by atoms with Gasteiger partial charge in [0.05, 0.1) is 39.0 Å². The average molecular weight is 443 g/mol. The number of carbonyl (C=O) groups is 2. The van der Waals surface area contributed by atoms with Crippen LogP contribution in [0.4, 0.5) is 0 Å². The quantitative estimate of drug-likeness (QED) is 0.502. The summed E-state index contributed by atoms with van der Waals surface area (Å²) < 4.78 is 16.4. The van der Waals surface area contributed by atoms with Crippen LogP contribution in [0.25, 0.3) is 0 Å². The Kier molecular flexibility index (Phi) is 9.16. The van der Waals surface area contributed by atoms with E-state index in [-0.39, 0.29) is 30.9 Å². The molecular formula is C25H34N2O5. The highest BCUT2D eigenvalue weighted by atomic mass is 16.5. The summed E-state index contributed by atoms with van der Waals surface area (Å²) in [5.41, 5.74) is 0.900. The molecule has 7 heteroatoms. The van der Waals surface area contributed by atoms with E-state index in [2.05, 4.69) is 6.92 Å². The lowest BCUT2D eigenvalue weighted by Crippen LogP contribution is -2.45. The molecule has 0 aliphatic carbocycles. The van der Waals surface area contributed by atoms with Gasteiger partial charge < -0.3 is 23.7 Å². The van der Waals surface area contributed by atoms with Crippen molar-refractivity contribution in [3.05, 3.63) is 54.0 Å². The number of furan rings is 1. The van der Waals surface area contributed by atoms with Gasteiger partial charge in [-0.3, -0.25) is 9.59 Å². The largest absolute Gasteiger partial charge is 0.497 e. The van der Waals surface area contributed by atoms with Gasteiger partial charge in [-0.15, -0.1) is 0 Å². The standard InChI is InChI=1S/C25H34N2O5/c1-3-4-13-26(24(28)16-20-9-11-21(30-2)12-10-20)19-25(29)27(17-22-7-5-14-31-22)18-23-8-6-15-32-23/h5,7,9-12,14,23H,3-4,6,8,13,15-19H2,1-2H3/t23-/m1/s1. The van der Waals surface area contributed by atoms with Crippen LogP contribution in [0.2, 0.25) is 0 Å². The number of amides is 2. The molecule has 174 valence electrons. The zero-order valence-corrected chi connectivity index (χ0v) is 19.1. The van der Waals surface area contributed by atoms with E-state index in [1.54, 1.807) is 23.2 Å². The van der Waals surface area contributed by atoms with E-state index < -0.39 is 0 Å². The summed E-state index contributed by atoms with van der Waals surface area (Å²) in [7, 11) is 1.61. The molecule has 0 bridgehead atoms. The van der Waals surface area contributed by atoms with Gasteiger partial charge >= 0.3 is 0 Å². The second-order valence-electron chi connectivity index (χ2n) is 8.18. The summed E-state index contributed by atoms with van der Waals surface area (Å²) in [5.74, 6) is 1.34. The van der Waals surface area contributed by atoms with E-state index in [0.717, 1.165) is 49.4 Å². The minimum atomic E-state index is -0.0870. The third kappa shape index (κ3) is 7.12. The summed E-state index contributed by atoms with van der Waals surface area (Å²) in [6, 6.07) is 11.1. The number of hydrogen-bond acceptors (Lipinski definition) is 5. The van der Waals surface area contributed by atoms with Gasteiger partial charge in [-0.1, -0.05) is 25.5 Å². The Hall–Kier alpha value is -2.80. The Morgan fingerprint density at radius 1 is 1.12 bits per heavy atom. The molecule has 7 nitrogen and oxygen atoms in total. The van der Waals surface area contributed by atoms with Crippen LogP contribution >= 0.6 is 0 Å².